The van der Waals surface area contributed by atoms with Gasteiger partial charge < -0.3 is 4.74 Å². The van der Waals surface area contributed by atoms with Crippen LogP contribution in [0.4, 0.5) is 10.6 Å². The predicted octanol–water partition coefficient (Wildman–Crippen LogP) is 3.51. The first-order valence-electron chi connectivity index (χ1n) is 9.77. The topological polar surface area (TPSA) is 111 Å². The molecule has 1 aliphatic rings. The molecule has 9 nitrogen and oxygen atoms in total. The monoisotopic (exact) mass is 406 g/mol. The van der Waals surface area contributed by atoms with E-state index in [4.69, 9.17) is 4.74 Å². The Balaban J connectivity index is 1.34. The number of pyridine rings is 2. The second-order valence-electron chi connectivity index (χ2n) is 7.19. The number of carbonyl (C=O) groups excluding carboxylic acids is 2. The highest BCUT2D eigenvalue weighted by atomic mass is 16.5. The number of nitrogens with zero attached hydrogens (tertiary/aromatic N) is 4. The lowest BCUT2D eigenvalue weighted by Gasteiger charge is -2.10. The number of amides is 3. The smallest absolute Gasteiger partial charge is 0.327 e. The number of imide groups is 1. The molecular formula is C21H22N6O3. The van der Waals surface area contributed by atoms with Crippen LogP contribution in [-0.2, 0) is 11.8 Å². The zero-order valence-electron chi connectivity index (χ0n) is 16.5. The fraction of sp³-hybridized carbons (Fsp3) is 0.286. The third-order valence-corrected chi connectivity index (χ3v) is 4.91. The minimum absolute atomic E-state index is 0.0728. The van der Waals surface area contributed by atoms with Gasteiger partial charge in [0.1, 0.15) is 17.3 Å². The van der Waals surface area contributed by atoms with Gasteiger partial charge in [-0.1, -0.05) is 12.8 Å². The highest BCUT2D eigenvalue weighted by Crippen LogP contribution is 2.26. The highest BCUT2D eigenvalue weighted by Gasteiger charge is 2.24. The lowest BCUT2D eigenvalue weighted by molar-refractivity contribution is -0.123. The van der Waals surface area contributed by atoms with Crippen molar-refractivity contribution in [2.75, 3.05) is 5.32 Å². The van der Waals surface area contributed by atoms with Crippen molar-refractivity contribution in [1.82, 2.24) is 25.1 Å². The van der Waals surface area contributed by atoms with E-state index >= 15 is 0 Å². The van der Waals surface area contributed by atoms with Gasteiger partial charge in [0.15, 0.2) is 0 Å². The third kappa shape index (κ3) is 4.80. The molecule has 1 aliphatic carbocycles. The standard InChI is InChI=1S/C21H22N6O3/c1-27-13-15(11-24-27)18-10-16(8-9-22-18)30-17-6-7-19(23-12-17)25-21(29)26-20(28)14-4-2-3-5-14/h6-14H,2-5H2,1H3,(H2,23,25,26,28,29). The van der Waals surface area contributed by atoms with Crippen LogP contribution < -0.4 is 15.4 Å². The molecular weight excluding hydrogens is 384 g/mol. The minimum Gasteiger partial charge on any atom is -0.456 e. The zero-order chi connectivity index (χ0) is 20.9. The molecule has 154 valence electrons. The maximum Gasteiger partial charge on any atom is 0.327 e. The maximum absolute atomic E-state index is 12.0. The van der Waals surface area contributed by atoms with E-state index < -0.39 is 6.03 Å². The molecule has 3 heterocycles. The third-order valence-electron chi connectivity index (χ3n) is 4.91. The SMILES string of the molecule is Cn1cc(-c2cc(Oc3ccc(NC(=O)NC(=O)C4CCCC4)nc3)ccn2)cn1. The Labute approximate surface area is 173 Å². The van der Waals surface area contributed by atoms with Gasteiger partial charge in [-0.3, -0.25) is 25.1 Å². The summed E-state index contributed by atoms with van der Waals surface area (Å²) in [6.45, 7) is 0. The molecule has 30 heavy (non-hydrogen) atoms. The summed E-state index contributed by atoms with van der Waals surface area (Å²) in [5, 5.41) is 9.08. The van der Waals surface area contributed by atoms with Crippen molar-refractivity contribution in [2.45, 2.75) is 25.7 Å². The van der Waals surface area contributed by atoms with Crippen LogP contribution in [0.1, 0.15) is 25.7 Å². The molecule has 0 atom stereocenters. The second kappa shape index (κ2) is 8.73. The van der Waals surface area contributed by atoms with Crippen LogP contribution in [0.15, 0.2) is 49.1 Å². The van der Waals surface area contributed by atoms with E-state index in [9.17, 15) is 9.59 Å². The van der Waals surface area contributed by atoms with Crippen LogP contribution in [0.5, 0.6) is 11.5 Å². The van der Waals surface area contributed by atoms with Gasteiger partial charge >= 0.3 is 6.03 Å². The van der Waals surface area contributed by atoms with E-state index in [2.05, 4.69) is 25.7 Å². The Hall–Kier alpha value is -3.75. The predicted molar refractivity (Wildman–Crippen MR) is 110 cm³/mol. The quantitative estimate of drug-likeness (QED) is 0.671. The molecule has 0 saturated heterocycles. The van der Waals surface area contributed by atoms with E-state index in [0.717, 1.165) is 36.9 Å². The number of ether oxygens (including phenoxy) is 1. The molecule has 1 fully saturated rings. The molecule has 0 aliphatic heterocycles. The van der Waals surface area contributed by atoms with E-state index in [0.29, 0.717) is 17.3 Å². The van der Waals surface area contributed by atoms with Crippen molar-refractivity contribution in [1.29, 1.82) is 0 Å². The van der Waals surface area contributed by atoms with E-state index in [1.165, 1.54) is 6.20 Å². The Morgan fingerprint density at radius 1 is 1.10 bits per heavy atom. The molecule has 0 bridgehead atoms. The van der Waals surface area contributed by atoms with Crippen LogP contribution >= 0.6 is 0 Å². The first-order chi connectivity index (χ1) is 14.6. The van der Waals surface area contributed by atoms with E-state index in [1.807, 2.05) is 19.3 Å². The van der Waals surface area contributed by atoms with Crippen molar-refractivity contribution in [3.8, 4) is 22.8 Å². The summed E-state index contributed by atoms with van der Waals surface area (Å²) in [5.41, 5.74) is 1.63. The Bertz CT molecular complexity index is 1040. The Kier molecular flexibility index (Phi) is 5.69. The lowest BCUT2D eigenvalue weighted by atomic mass is 10.1. The van der Waals surface area contributed by atoms with Crippen LogP contribution in [-0.4, -0.2) is 31.7 Å². The zero-order valence-corrected chi connectivity index (χ0v) is 16.5. The molecule has 2 N–H and O–H groups in total. The molecule has 0 spiro atoms. The molecule has 0 unspecified atom stereocenters. The Morgan fingerprint density at radius 3 is 2.63 bits per heavy atom. The first kappa shape index (κ1) is 19.6. The first-order valence-corrected chi connectivity index (χ1v) is 9.77. The van der Waals surface area contributed by atoms with Crippen molar-refractivity contribution in [2.24, 2.45) is 13.0 Å². The summed E-state index contributed by atoms with van der Waals surface area (Å²) < 4.78 is 7.53. The second-order valence-corrected chi connectivity index (χ2v) is 7.19. The minimum atomic E-state index is -0.580. The van der Waals surface area contributed by atoms with Crippen LogP contribution in [0.2, 0.25) is 0 Å². The van der Waals surface area contributed by atoms with E-state index in [-0.39, 0.29) is 11.8 Å². The summed E-state index contributed by atoms with van der Waals surface area (Å²) in [4.78, 5) is 32.5. The van der Waals surface area contributed by atoms with Crippen LogP contribution in [0, 0.1) is 5.92 Å². The number of aromatic nitrogens is 4. The largest absolute Gasteiger partial charge is 0.456 e. The van der Waals surface area contributed by atoms with Gasteiger partial charge in [0.2, 0.25) is 5.91 Å². The van der Waals surface area contributed by atoms with Gasteiger partial charge in [0, 0.05) is 37.0 Å². The summed E-state index contributed by atoms with van der Waals surface area (Å²) in [7, 11) is 1.84. The molecule has 3 aromatic heterocycles. The lowest BCUT2D eigenvalue weighted by Crippen LogP contribution is -2.37. The number of nitrogens with one attached hydrogen (secondary N) is 2. The average molecular weight is 406 g/mol. The molecule has 3 amide bonds. The van der Waals surface area contributed by atoms with Gasteiger partial charge in [0.25, 0.3) is 0 Å². The fourth-order valence-electron chi connectivity index (χ4n) is 3.39. The van der Waals surface area contributed by atoms with E-state index in [1.54, 1.807) is 35.3 Å². The Morgan fingerprint density at radius 2 is 1.93 bits per heavy atom. The summed E-state index contributed by atoms with van der Waals surface area (Å²) in [5.74, 6) is 1.13. The van der Waals surface area contributed by atoms with Gasteiger partial charge in [-0.05, 0) is 31.0 Å². The number of anilines is 1. The van der Waals surface area contributed by atoms with Gasteiger partial charge in [-0.25, -0.2) is 9.78 Å². The van der Waals surface area contributed by atoms with Gasteiger partial charge in [-0.15, -0.1) is 0 Å². The molecule has 1 saturated carbocycles. The summed E-state index contributed by atoms with van der Waals surface area (Å²) in [6.07, 6.45) is 10.5. The summed E-state index contributed by atoms with van der Waals surface area (Å²) >= 11 is 0. The molecule has 4 rings (SSSR count). The number of hydrogen-bond donors (Lipinski definition) is 2. The van der Waals surface area contributed by atoms with Crippen LogP contribution in [0.3, 0.4) is 0 Å². The molecule has 0 aromatic carbocycles. The highest BCUT2D eigenvalue weighted by molar-refractivity contribution is 6.01. The number of aryl methyl sites for hydroxylation is 1. The molecule has 0 radical (unpaired) electrons. The van der Waals surface area contributed by atoms with Crippen LogP contribution in [0.25, 0.3) is 11.3 Å². The molecule has 3 aromatic rings. The van der Waals surface area contributed by atoms with Gasteiger partial charge in [0.05, 0.1) is 18.1 Å². The van der Waals surface area contributed by atoms with Crippen molar-refractivity contribution in [3.05, 3.63) is 49.1 Å². The van der Waals surface area contributed by atoms with Crippen molar-refractivity contribution in [3.63, 3.8) is 0 Å². The average Bonchev–Trinajstić information content (AvgIpc) is 3.42. The number of urea groups is 1. The summed E-state index contributed by atoms with van der Waals surface area (Å²) in [6, 6.07) is 6.27. The van der Waals surface area contributed by atoms with Crippen molar-refractivity contribution < 1.29 is 14.3 Å². The number of carbonyl (C=O) groups is 2. The van der Waals surface area contributed by atoms with Gasteiger partial charge in [-0.2, -0.15) is 5.10 Å². The van der Waals surface area contributed by atoms with Crippen molar-refractivity contribution >= 4 is 17.8 Å². The number of hydrogen-bond acceptors (Lipinski definition) is 6. The molecule has 9 heteroatoms. The fourth-order valence-corrected chi connectivity index (χ4v) is 3.39. The number of rotatable bonds is 5. The normalized spacial score (nSPS) is 13.8. The maximum atomic E-state index is 12.0.